The Labute approximate surface area is 101 Å². The Morgan fingerprint density at radius 1 is 1.11 bits per heavy atom. The Morgan fingerprint density at radius 2 is 1.83 bits per heavy atom. The lowest BCUT2D eigenvalue weighted by Crippen LogP contribution is -2.16. The fourth-order valence-corrected chi connectivity index (χ4v) is 1.69. The van der Waals surface area contributed by atoms with Crippen molar-refractivity contribution in [2.24, 2.45) is 0 Å². The summed E-state index contributed by atoms with van der Waals surface area (Å²) >= 11 is 0. The SMILES string of the molecule is O=C(Cc1ccc2ccccc2n1)CC(F)(F)F. The van der Waals surface area contributed by atoms with Crippen LogP contribution in [0.25, 0.3) is 10.9 Å². The molecule has 1 heterocycles. The van der Waals surface area contributed by atoms with Gasteiger partial charge in [0, 0.05) is 17.5 Å². The minimum atomic E-state index is -4.45. The molecule has 94 valence electrons. The van der Waals surface area contributed by atoms with Crippen LogP contribution in [-0.4, -0.2) is 16.9 Å². The zero-order valence-corrected chi connectivity index (χ0v) is 9.37. The van der Waals surface area contributed by atoms with E-state index in [1.807, 2.05) is 12.1 Å². The van der Waals surface area contributed by atoms with Gasteiger partial charge in [-0.2, -0.15) is 13.2 Å². The molecule has 0 radical (unpaired) electrons. The highest BCUT2D eigenvalue weighted by molar-refractivity contribution is 5.83. The van der Waals surface area contributed by atoms with E-state index in [0.717, 1.165) is 5.39 Å². The number of fused-ring (bicyclic) bond motifs is 1. The number of hydrogen-bond donors (Lipinski definition) is 0. The van der Waals surface area contributed by atoms with E-state index in [9.17, 15) is 18.0 Å². The zero-order valence-electron chi connectivity index (χ0n) is 9.37. The molecule has 1 aromatic carbocycles. The number of aromatic nitrogens is 1. The maximum Gasteiger partial charge on any atom is 0.395 e. The fraction of sp³-hybridized carbons (Fsp3) is 0.231. The minimum absolute atomic E-state index is 0.287. The van der Waals surface area contributed by atoms with Gasteiger partial charge in [-0.25, -0.2) is 0 Å². The topological polar surface area (TPSA) is 30.0 Å². The summed E-state index contributed by atoms with van der Waals surface area (Å²) in [5.41, 5.74) is 1.04. The molecule has 0 aliphatic rings. The van der Waals surface area contributed by atoms with Gasteiger partial charge < -0.3 is 0 Å². The summed E-state index contributed by atoms with van der Waals surface area (Å²) in [7, 11) is 0. The predicted molar refractivity (Wildman–Crippen MR) is 61.1 cm³/mol. The molecule has 5 heteroatoms. The van der Waals surface area contributed by atoms with Crippen molar-refractivity contribution >= 4 is 16.7 Å². The summed E-state index contributed by atoms with van der Waals surface area (Å²) in [4.78, 5) is 15.4. The lowest BCUT2D eigenvalue weighted by atomic mass is 10.1. The number of nitrogens with zero attached hydrogens (tertiary/aromatic N) is 1. The molecule has 0 aliphatic carbocycles. The number of alkyl halides is 3. The summed E-state index contributed by atoms with van der Waals surface area (Å²) < 4.78 is 36.1. The zero-order chi connectivity index (χ0) is 13.2. The van der Waals surface area contributed by atoms with Crippen molar-refractivity contribution in [3.63, 3.8) is 0 Å². The number of rotatable bonds is 3. The number of halogens is 3. The number of carbonyl (C=O) groups excluding carboxylic acids is 1. The van der Waals surface area contributed by atoms with Gasteiger partial charge in [-0.15, -0.1) is 0 Å². The van der Waals surface area contributed by atoms with Crippen LogP contribution in [0.4, 0.5) is 13.2 Å². The first-order valence-electron chi connectivity index (χ1n) is 5.37. The quantitative estimate of drug-likeness (QED) is 0.840. The summed E-state index contributed by atoms with van der Waals surface area (Å²) in [6, 6.07) is 10.6. The van der Waals surface area contributed by atoms with E-state index in [4.69, 9.17) is 0 Å². The van der Waals surface area contributed by atoms with Crippen LogP contribution < -0.4 is 0 Å². The van der Waals surface area contributed by atoms with Crippen LogP contribution >= 0.6 is 0 Å². The van der Waals surface area contributed by atoms with Crippen molar-refractivity contribution in [2.75, 3.05) is 0 Å². The van der Waals surface area contributed by atoms with Crippen LogP contribution in [0.2, 0.25) is 0 Å². The number of ketones is 1. The highest BCUT2D eigenvalue weighted by atomic mass is 19.4. The molecule has 0 saturated carbocycles. The normalized spacial score (nSPS) is 11.7. The number of pyridine rings is 1. The third-order valence-electron chi connectivity index (χ3n) is 2.43. The van der Waals surface area contributed by atoms with E-state index in [1.54, 1.807) is 24.3 Å². The Bertz CT molecular complexity index is 578. The average molecular weight is 253 g/mol. The molecule has 0 unspecified atom stereocenters. The summed E-state index contributed by atoms with van der Waals surface area (Å²) in [5.74, 6) is -0.870. The molecular weight excluding hydrogens is 243 g/mol. The van der Waals surface area contributed by atoms with Gasteiger partial charge in [0.15, 0.2) is 0 Å². The van der Waals surface area contributed by atoms with Crippen molar-refractivity contribution in [3.8, 4) is 0 Å². The van der Waals surface area contributed by atoms with E-state index in [-0.39, 0.29) is 6.42 Å². The number of carbonyl (C=O) groups is 1. The van der Waals surface area contributed by atoms with Crippen LogP contribution in [-0.2, 0) is 11.2 Å². The van der Waals surface area contributed by atoms with Crippen LogP contribution in [0.1, 0.15) is 12.1 Å². The molecule has 2 aromatic rings. The van der Waals surface area contributed by atoms with Gasteiger partial charge in [-0.1, -0.05) is 24.3 Å². The molecule has 0 fully saturated rings. The summed E-state index contributed by atoms with van der Waals surface area (Å²) in [5, 5.41) is 0.893. The van der Waals surface area contributed by atoms with Crippen LogP contribution in [0.15, 0.2) is 36.4 Å². The second kappa shape index (κ2) is 4.76. The predicted octanol–water partition coefficient (Wildman–Crippen LogP) is 3.30. The van der Waals surface area contributed by atoms with E-state index in [2.05, 4.69) is 4.98 Å². The Hall–Kier alpha value is -1.91. The highest BCUT2D eigenvalue weighted by Crippen LogP contribution is 2.21. The van der Waals surface area contributed by atoms with E-state index in [0.29, 0.717) is 11.2 Å². The monoisotopic (exact) mass is 253 g/mol. The largest absolute Gasteiger partial charge is 0.395 e. The molecule has 0 aliphatic heterocycles. The van der Waals surface area contributed by atoms with E-state index < -0.39 is 18.4 Å². The Kier molecular flexibility index (Phi) is 3.32. The van der Waals surface area contributed by atoms with Crippen LogP contribution in [0.3, 0.4) is 0 Å². The standard InChI is InChI=1S/C13H10F3NO/c14-13(15,16)8-11(18)7-10-6-5-9-3-1-2-4-12(9)17-10/h1-6H,7-8H2. The third-order valence-corrected chi connectivity index (χ3v) is 2.43. The van der Waals surface area contributed by atoms with Crippen LogP contribution in [0, 0.1) is 0 Å². The van der Waals surface area contributed by atoms with Gasteiger partial charge in [0.05, 0.1) is 5.52 Å². The number of para-hydroxylation sites is 1. The van der Waals surface area contributed by atoms with Crippen molar-refractivity contribution in [1.29, 1.82) is 0 Å². The van der Waals surface area contributed by atoms with Gasteiger partial charge in [0.1, 0.15) is 12.2 Å². The van der Waals surface area contributed by atoms with Gasteiger partial charge in [-0.05, 0) is 12.1 Å². The smallest absolute Gasteiger partial charge is 0.299 e. The molecule has 2 nitrogen and oxygen atoms in total. The first kappa shape index (κ1) is 12.5. The van der Waals surface area contributed by atoms with Crippen molar-refractivity contribution in [3.05, 3.63) is 42.1 Å². The maximum absolute atomic E-state index is 12.0. The molecule has 2 rings (SSSR count). The number of Topliss-reactive ketones (excluding diaryl/α,β-unsaturated/α-hetero) is 1. The second-order valence-corrected chi connectivity index (χ2v) is 4.00. The van der Waals surface area contributed by atoms with Gasteiger partial charge in [0.2, 0.25) is 0 Å². The molecule has 18 heavy (non-hydrogen) atoms. The number of hydrogen-bond acceptors (Lipinski definition) is 2. The van der Waals surface area contributed by atoms with Crippen LogP contribution in [0.5, 0.6) is 0 Å². The molecule has 0 spiro atoms. The highest BCUT2D eigenvalue weighted by Gasteiger charge is 2.30. The first-order valence-corrected chi connectivity index (χ1v) is 5.37. The lowest BCUT2D eigenvalue weighted by Gasteiger charge is -2.05. The van der Waals surface area contributed by atoms with E-state index in [1.165, 1.54) is 0 Å². The van der Waals surface area contributed by atoms with Gasteiger partial charge in [-0.3, -0.25) is 9.78 Å². The molecular formula is C13H10F3NO. The Balaban J connectivity index is 2.15. The molecule has 0 bridgehead atoms. The van der Waals surface area contributed by atoms with Gasteiger partial charge >= 0.3 is 6.18 Å². The number of benzene rings is 1. The van der Waals surface area contributed by atoms with Crippen molar-refractivity contribution in [2.45, 2.75) is 19.0 Å². The maximum atomic E-state index is 12.0. The average Bonchev–Trinajstić information content (AvgIpc) is 2.26. The molecule has 1 aromatic heterocycles. The fourth-order valence-electron chi connectivity index (χ4n) is 1.69. The van der Waals surface area contributed by atoms with Crippen molar-refractivity contribution in [1.82, 2.24) is 4.98 Å². The molecule has 0 amide bonds. The minimum Gasteiger partial charge on any atom is -0.299 e. The molecule has 0 atom stereocenters. The molecule has 0 N–H and O–H groups in total. The van der Waals surface area contributed by atoms with Crippen molar-refractivity contribution < 1.29 is 18.0 Å². The van der Waals surface area contributed by atoms with Gasteiger partial charge in [0.25, 0.3) is 0 Å². The summed E-state index contributed by atoms with van der Waals surface area (Å²) in [6.45, 7) is 0. The second-order valence-electron chi connectivity index (χ2n) is 4.00. The third kappa shape index (κ3) is 3.29. The molecule has 0 saturated heterocycles. The first-order chi connectivity index (χ1) is 8.44. The summed E-state index contributed by atoms with van der Waals surface area (Å²) in [6.07, 6.45) is -6.14. The van der Waals surface area contributed by atoms with E-state index >= 15 is 0 Å². The lowest BCUT2D eigenvalue weighted by molar-refractivity contribution is -0.151. The Morgan fingerprint density at radius 3 is 2.56 bits per heavy atom.